The number of nitrogens with zero attached hydrogens (tertiary/aromatic N) is 3. The monoisotopic (exact) mass is 456 g/mol. The number of nitrogens with one attached hydrogen (secondary N) is 1. The first-order valence-electron chi connectivity index (χ1n) is 9.52. The minimum atomic E-state index is -0.509. The number of halogens is 2. The zero-order valence-corrected chi connectivity index (χ0v) is 17.6. The number of aliphatic hydroxyl groups is 1. The van der Waals surface area contributed by atoms with Gasteiger partial charge in [0.2, 0.25) is 5.91 Å². The number of aliphatic hydroxyl groups excluding tert-OH is 1. The van der Waals surface area contributed by atoms with E-state index in [9.17, 15) is 19.1 Å². The summed E-state index contributed by atoms with van der Waals surface area (Å²) in [6, 6.07) is 10.4. The van der Waals surface area contributed by atoms with Gasteiger partial charge in [0.05, 0.1) is 25.1 Å². The van der Waals surface area contributed by atoms with Gasteiger partial charge >= 0.3 is 0 Å². The van der Waals surface area contributed by atoms with Gasteiger partial charge in [-0.15, -0.1) is 0 Å². The number of methoxy groups -OCH3 is 1. The molecule has 0 saturated carbocycles. The van der Waals surface area contributed by atoms with Crippen molar-refractivity contribution in [1.29, 1.82) is 0 Å². The highest BCUT2D eigenvalue weighted by Crippen LogP contribution is 2.28. The number of anilines is 1. The van der Waals surface area contributed by atoms with E-state index in [2.05, 4.69) is 10.4 Å². The van der Waals surface area contributed by atoms with Gasteiger partial charge in [-0.05, 0) is 42.5 Å². The fraction of sp³-hybridized carbons (Fsp3) is 0.136. The molecule has 0 aliphatic carbocycles. The Bertz CT molecular complexity index is 1370. The molecule has 2 N–H and O–H groups in total. The standard InChI is InChI=1S/C22H18ClFN4O4/c1-32-18-7-4-14(23)10-17(18)25-19(30)11-27-8-9-28-21(22(27)31)16(12-29)20(26-28)13-2-5-15(24)6-3-13/h2-10,29H,11-12H2,1H3,(H,25,30). The van der Waals surface area contributed by atoms with Crippen molar-refractivity contribution < 1.29 is 19.0 Å². The molecule has 32 heavy (non-hydrogen) atoms. The van der Waals surface area contributed by atoms with Gasteiger partial charge in [0.15, 0.2) is 0 Å². The molecule has 8 nitrogen and oxygen atoms in total. The van der Waals surface area contributed by atoms with E-state index in [1.165, 1.54) is 52.9 Å². The summed E-state index contributed by atoms with van der Waals surface area (Å²) in [5.41, 5.74) is 1.19. The van der Waals surface area contributed by atoms with Crippen LogP contribution in [0.5, 0.6) is 5.75 Å². The van der Waals surface area contributed by atoms with Crippen LogP contribution in [0.15, 0.2) is 59.7 Å². The summed E-state index contributed by atoms with van der Waals surface area (Å²) in [4.78, 5) is 25.7. The number of aromatic nitrogens is 3. The van der Waals surface area contributed by atoms with Crippen LogP contribution in [0.3, 0.4) is 0 Å². The number of benzene rings is 2. The summed E-state index contributed by atoms with van der Waals surface area (Å²) in [5, 5.41) is 17.4. The summed E-state index contributed by atoms with van der Waals surface area (Å²) >= 11 is 5.99. The molecule has 10 heteroatoms. The normalized spacial score (nSPS) is 11.0. The second kappa shape index (κ2) is 8.81. The Balaban J connectivity index is 1.68. The van der Waals surface area contributed by atoms with E-state index in [1.54, 1.807) is 18.2 Å². The van der Waals surface area contributed by atoms with Gasteiger partial charge in [-0.2, -0.15) is 5.10 Å². The fourth-order valence-electron chi connectivity index (χ4n) is 3.39. The maximum atomic E-state index is 13.3. The van der Waals surface area contributed by atoms with E-state index in [0.29, 0.717) is 27.7 Å². The van der Waals surface area contributed by atoms with Crippen molar-refractivity contribution in [2.75, 3.05) is 12.4 Å². The molecular weight excluding hydrogens is 439 g/mol. The highest BCUT2D eigenvalue weighted by atomic mass is 35.5. The van der Waals surface area contributed by atoms with Crippen molar-refractivity contribution >= 4 is 28.7 Å². The fourth-order valence-corrected chi connectivity index (χ4v) is 3.56. The van der Waals surface area contributed by atoms with Crippen LogP contribution in [-0.2, 0) is 17.9 Å². The predicted octanol–water partition coefficient (Wildman–Crippen LogP) is 3.10. The minimum Gasteiger partial charge on any atom is -0.495 e. The van der Waals surface area contributed by atoms with Crippen molar-refractivity contribution in [1.82, 2.24) is 14.2 Å². The molecule has 1 amide bonds. The summed E-state index contributed by atoms with van der Waals surface area (Å²) in [7, 11) is 1.46. The first kappa shape index (κ1) is 21.5. The molecule has 2 heterocycles. The second-order valence-corrected chi connectivity index (χ2v) is 7.35. The Morgan fingerprint density at radius 2 is 1.97 bits per heavy atom. The van der Waals surface area contributed by atoms with Crippen molar-refractivity contribution in [3.05, 3.63) is 81.6 Å². The van der Waals surface area contributed by atoms with E-state index in [4.69, 9.17) is 16.3 Å². The van der Waals surface area contributed by atoms with E-state index in [0.717, 1.165) is 0 Å². The summed E-state index contributed by atoms with van der Waals surface area (Å²) in [6.07, 6.45) is 2.93. The van der Waals surface area contributed by atoms with Gasteiger partial charge < -0.3 is 19.7 Å². The molecule has 2 aromatic heterocycles. The van der Waals surface area contributed by atoms with Crippen LogP contribution in [-0.4, -0.2) is 32.3 Å². The molecule has 2 aromatic carbocycles. The Morgan fingerprint density at radius 3 is 2.66 bits per heavy atom. The zero-order valence-electron chi connectivity index (χ0n) is 16.9. The van der Waals surface area contributed by atoms with Crippen LogP contribution in [0.2, 0.25) is 5.02 Å². The zero-order chi connectivity index (χ0) is 22.8. The van der Waals surface area contributed by atoms with Gasteiger partial charge in [0, 0.05) is 28.5 Å². The van der Waals surface area contributed by atoms with Gasteiger partial charge in [-0.1, -0.05) is 11.6 Å². The Kier molecular flexibility index (Phi) is 5.93. The number of fused-ring (bicyclic) bond motifs is 1. The number of hydrogen-bond donors (Lipinski definition) is 2. The third-order valence-electron chi connectivity index (χ3n) is 4.89. The van der Waals surface area contributed by atoms with Gasteiger partial charge in [0.1, 0.15) is 23.6 Å². The number of rotatable bonds is 6. The summed E-state index contributed by atoms with van der Waals surface area (Å²) in [5.74, 6) is -0.457. The molecule has 4 aromatic rings. The van der Waals surface area contributed by atoms with E-state index >= 15 is 0 Å². The maximum Gasteiger partial charge on any atom is 0.277 e. The molecule has 164 valence electrons. The molecule has 0 bridgehead atoms. The lowest BCUT2D eigenvalue weighted by Crippen LogP contribution is -2.28. The Labute approximate surface area is 186 Å². The smallest absolute Gasteiger partial charge is 0.277 e. The average Bonchev–Trinajstić information content (AvgIpc) is 3.16. The molecule has 0 fully saturated rings. The average molecular weight is 457 g/mol. The minimum absolute atomic E-state index is 0.127. The van der Waals surface area contributed by atoms with Crippen LogP contribution < -0.4 is 15.6 Å². The number of amides is 1. The van der Waals surface area contributed by atoms with Gasteiger partial charge in [0.25, 0.3) is 5.56 Å². The predicted molar refractivity (Wildman–Crippen MR) is 117 cm³/mol. The quantitative estimate of drug-likeness (QED) is 0.464. The molecule has 0 aliphatic heterocycles. The summed E-state index contributed by atoms with van der Waals surface area (Å²) < 4.78 is 21.0. The number of carbonyl (C=O) groups excluding carboxylic acids is 1. The number of hydrogen-bond acceptors (Lipinski definition) is 5. The van der Waals surface area contributed by atoms with Gasteiger partial charge in [-0.25, -0.2) is 8.91 Å². The van der Waals surface area contributed by atoms with Crippen molar-refractivity contribution in [2.45, 2.75) is 13.2 Å². The summed E-state index contributed by atoms with van der Waals surface area (Å²) in [6.45, 7) is -0.742. The number of carbonyl (C=O) groups is 1. The lowest BCUT2D eigenvalue weighted by atomic mass is 10.1. The lowest BCUT2D eigenvalue weighted by Gasteiger charge is -2.11. The van der Waals surface area contributed by atoms with Crippen LogP contribution in [0.4, 0.5) is 10.1 Å². The highest BCUT2D eigenvalue weighted by Gasteiger charge is 2.19. The molecule has 0 spiro atoms. The Morgan fingerprint density at radius 1 is 1.22 bits per heavy atom. The van der Waals surface area contributed by atoms with E-state index in [-0.39, 0.29) is 17.6 Å². The molecule has 4 rings (SSSR count). The van der Waals surface area contributed by atoms with E-state index in [1.807, 2.05) is 0 Å². The lowest BCUT2D eigenvalue weighted by molar-refractivity contribution is -0.116. The topological polar surface area (TPSA) is 97.9 Å². The van der Waals surface area contributed by atoms with Crippen LogP contribution >= 0.6 is 11.6 Å². The van der Waals surface area contributed by atoms with E-state index < -0.39 is 23.9 Å². The number of ether oxygens (including phenoxy) is 1. The van der Waals surface area contributed by atoms with Crippen LogP contribution in [0.1, 0.15) is 5.56 Å². The Hall–Kier alpha value is -3.69. The van der Waals surface area contributed by atoms with Crippen LogP contribution in [0, 0.1) is 5.82 Å². The molecule has 0 aliphatic rings. The first-order valence-corrected chi connectivity index (χ1v) is 9.90. The maximum absolute atomic E-state index is 13.3. The second-order valence-electron chi connectivity index (χ2n) is 6.91. The molecular formula is C22H18ClFN4O4. The molecule has 0 radical (unpaired) electrons. The largest absolute Gasteiger partial charge is 0.495 e. The van der Waals surface area contributed by atoms with Crippen molar-refractivity contribution in [3.63, 3.8) is 0 Å². The first-order chi connectivity index (χ1) is 15.4. The molecule has 0 saturated heterocycles. The molecule has 0 atom stereocenters. The van der Waals surface area contributed by atoms with Gasteiger partial charge in [-0.3, -0.25) is 9.59 Å². The van der Waals surface area contributed by atoms with Crippen LogP contribution in [0.25, 0.3) is 16.8 Å². The highest BCUT2D eigenvalue weighted by molar-refractivity contribution is 6.31. The van der Waals surface area contributed by atoms with Crippen molar-refractivity contribution in [3.8, 4) is 17.0 Å². The third-order valence-corrected chi connectivity index (χ3v) is 5.12. The van der Waals surface area contributed by atoms with Crippen molar-refractivity contribution in [2.24, 2.45) is 0 Å². The molecule has 0 unspecified atom stereocenters. The SMILES string of the molecule is COc1ccc(Cl)cc1NC(=O)Cn1ccn2nc(-c3ccc(F)cc3)c(CO)c2c1=O. The third kappa shape index (κ3) is 4.08.